The number of hydrogen-bond donors (Lipinski definition) is 1. The minimum absolute atomic E-state index is 0.640. The summed E-state index contributed by atoms with van der Waals surface area (Å²) in [5, 5.41) is 3.35. The van der Waals surface area contributed by atoms with Gasteiger partial charge in [0.1, 0.15) is 5.82 Å². The number of pyridine rings is 1. The summed E-state index contributed by atoms with van der Waals surface area (Å²) in [7, 11) is 0. The Bertz CT molecular complexity index is 376. The van der Waals surface area contributed by atoms with Crippen molar-refractivity contribution < 1.29 is 0 Å². The van der Waals surface area contributed by atoms with Crippen LogP contribution in [0, 0.1) is 6.92 Å². The third-order valence-electron chi connectivity index (χ3n) is 3.59. The first-order valence-electron chi connectivity index (χ1n) is 6.66. The van der Waals surface area contributed by atoms with Gasteiger partial charge in [0.25, 0.3) is 0 Å². The molecule has 3 heteroatoms. The molecule has 1 unspecified atom stereocenters. The van der Waals surface area contributed by atoms with Gasteiger partial charge in [0.2, 0.25) is 0 Å². The maximum Gasteiger partial charge on any atom is 0.129 e. The fourth-order valence-electron chi connectivity index (χ4n) is 2.46. The molecule has 2 heterocycles. The highest BCUT2D eigenvalue weighted by Crippen LogP contribution is 2.24. The fourth-order valence-corrected chi connectivity index (χ4v) is 2.46. The van der Waals surface area contributed by atoms with Gasteiger partial charge in [-0.3, -0.25) is 0 Å². The molecule has 1 N–H and O–H groups in total. The molecular weight excluding hydrogens is 210 g/mol. The van der Waals surface area contributed by atoms with Crippen LogP contribution in [0.4, 0.5) is 5.82 Å². The van der Waals surface area contributed by atoms with E-state index in [1.165, 1.54) is 18.4 Å². The Morgan fingerprint density at radius 2 is 2.29 bits per heavy atom. The van der Waals surface area contributed by atoms with Crippen LogP contribution in [0.3, 0.4) is 0 Å². The first-order valence-corrected chi connectivity index (χ1v) is 6.66. The van der Waals surface area contributed by atoms with Gasteiger partial charge in [0.05, 0.1) is 0 Å². The average Bonchev–Trinajstić information content (AvgIpc) is 2.74. The summed E-state index contributed by atoms with van der Waals surface area (Å²) in [6.07, 6.45) is 2.58. The van der Waals surface area contributed by atoms with Crippen molar-refractivity contribution in [3.8, 4) is 0 Å². The van der Waals surface area contributed by atoms with Crippen LogP contribution < -0.4 is 10.2 Å². The predicted octanol–water partition coefficient (Wildman–Crippen LogP) is 2.49. The van der Waals surface area contributed by atoms with Gasteiger partial charge in [-0.25, -0.2) is 4.98 Å². The molecular formula is C14H23N3. The molecule has 0 bridgehead atoms. The van der Waals surface area contributed by atoms with Gasteiger partial charge < -0.3 is 10.2 Å². The van der Waals surface area contributed by atoms with Gasteiger partial charge in [-0.05, 0) is 44.9 Å². The van der Waals surface area contributed by atoms with Crippen molar-refractivity contribution in [1.82, 2.24) is 10.3 Å². The molecule has 1 atom stereocenters. The van der Waals surface area contributed by atoms with Gasteiger partial charge in [-0.15, -0.1) is 0 Å². The van der Waals surface area contributed by atoms with Gasteiger partial charge in [0, 0.05) is 24.8 Å². The van der Waals surface area contributed by atoms with Gasteiger partial charge >= 0.3 is 0 Å². The molecule has 0 saturated carbocycles. The second-order valence-corrected chi connectivity index (χ2v) is 4.88. The lowest BCUT2D eigenvalue weighted by molar-refractivity contribution is 0.711. The summed E-state index contributed by atoms with van der Waals surface area (Å²) in [6, 6.07) is 5.02. The van der Waals surface area contributed by atoms with Gasteiger partial charge in [-0.1, -0.05) is 13.0 Å². The number of anilines is 1. The molecule has 1 saturated heterocycles. The Balaban J connectivity index is 2.12. The molecule has 1 aromatic rings. The van der Waals surface area contributed by atoms with Crippen molar-refractivity contribution in [3.05, 3.63) is 23.4 Å². The second kappa shape index (κ2) is 5.50. The van der Waals surface area contributed by atoms with Crippen molar-refractivity contribution >= 4 is 5.82 Å². The lowest BCUT2D eigenvalue weighted by Gasteiger charge is -2.23. The smallest absolute Gasteiger partial charge is 0.129 e. The highest BCUT2D eigenvalue weighted by molar-refractivity contribution is 5.43. The quantitative estimate of drug-likeness (QED) is 0.866. The van der Waals surface area contributed by atoms with Crippen LogP contribution >= 0.6 is 0 Å². The van der Waals surface area contributed by atoms with Crippen LogP contribution in [0.5, 0.6) is 0 Å². The van der Waals surface area contributed by atoms with Crippen molar-refractivity contribution in [2.45, 2.75) is 46.2 Å². The molecule has 0 aliphatic carbocycles. The second-order valence-electron chi connectivity index (χ2n) is 4.88. The zero-order valence-corrected chi connectivity index (χ0v) is 11.2. The molecule has 1 aromatic heterocycles. The molecule has 1 fully saturated rings. The van der Waals surface area contributed by atoms with E-state index in [0.717, 1.165) is 31.1 Å². The van der Waals surface area contributed by atoms with Crippen molar-refractivity contribution in [2.24, 2.45) is 0 Å². The van der Waals surface area contributed by atoms with Crippen LogP contribution in [-0.4, -0.2) is 24.1 Å². The highest BCUT2D eigenvalue weighted by Gasteiger charge is 2.21. The summed E-state index contributed by atoms with van der Waals surface area (Å²) < 4.78 is 0. The molecule has 2 rings (SSSR count). The summed E-state index contributed by atoms with van der Waals surface area (Å²) in [5.74, 6) is 1.15. The van der Waals surface area contributed by atoms with E-state index >= 15 is 0 Å². The molecule has 1 aliphatic heterocycles. The first kappa shape index (κ1) is 12.4. The summed E-state index contributed by atoms with van der Waals surface area (Å²) in [6.45, 7) is 9.60. The van der Waals surface area contributed by atoms with E-state index in [0.29, 0.717) is 6.04 Å². The fraction of sp³-hybridized carbons (Fsp3) is 0.643. The Labute approximate surface area is 104 Å². The highest BCUT2D eigenvalue weighted by atomic mass is 15.2. The Morgan fingerprint density at radius 3 is 2.88 bits per heavy atom. The number of hydrogen-bond acceptors (Lipinski definition) is 3. The summed E-state index contributed by atoms with van der Waals surface area (Å²) >= 11 is 0. The SMILES string of the molecule is CCNCc1ccc(N2CCCC2C)nc1C. The Kier molecular flexibility index (Phi) is 4.00. The Morgan fingerprint density at radius 1 is 1.47 bits per heavy atom. The van der Waals surface area contributed by atoms with Crippen LogP contribution in [-0.2, 0) is 6.54 Å². The zero-order chi connectivity index (χ0) is 12.3. The lowest BCUT2D eigenvalue weighted by atomic mass is 10.2. The molecule has 3 nitrogen and oxygen atoms in total. The summed E-state index contributed by atoms with van der Waals surface area (Å²) in [5.41, 5.74) is 2.46. The van der Waals surface area contributed by atoms with E-state index in [-0.39, 0.29) is 0 Å². The minimum atomic E-state index is 0.640. The number of nitrogens with one attached hydrogen (secondary N) is 1. The number of aryl methyl sites for hydroxylation is 1. The van der Waals surface area contributed by atoms with E-state index in [1.54, 1.807) is 0 Å². The normalized spacial score (nSPS) is 19.9. The zero-order valence-electron chi connectivity index (χ0n) is 11.2. The van der Waals surface area contributed by atoms with E-state index in [2.05, 4.69) is 43.1 Å². The third kappa shape index (κ3) is 2.78. The molecule has 0 aromatic carbocycles. The minimum Gasteiger partial charge on any atom is -0.354 e. The monoisotopic (exact) mass is 233 g/mol. The maximum absolute atomic E-state index is 4.74. The maximum atomic E-state index is 4.74. The number of rotatable bonds is 4. The van der Waals surface area contributed by atoms with Crippen molar-refractivity contribution in [3.63, 3.8) is 0 Å². The number of nitrogens with zero attached hydrogens (tertiary/aromatic N) is 2. The van der Waals surface area contributed by atoms with Crippen LogP contribution in [0.1, 0.15) is 37.9 Å². The third-order valence-corrected chi connectivity index (χ3v) is 3.59. The number of aromatic nitrogens is 1. The molecule has 0 amide bonds. The molecule has 17 heavy (non-hydrogen) atoms. The lowest BCUT2D eigenvalue weighted by Crippen LogP contribution is -2.27. The molecule has 0 radical (unpaired) electrons. The van der Waals surface area contributed by atoms with E-state index < -0.39 is 0 Å². The van der Waals surface area contributed by atoms with Crippen LogP contribution in [0.15, 0.2) is 12.1 Å². The first-order chi connectivity index (χ1) is 8.22. The van der Waals surface area contributed by atoms with Crippen LogP contribution in [0.2, 0.25) is 0 Å². The van der Waals surface area contributed by atoms with Crippen molar-refractivity contribution in [1.29, 1.82) is 0 Å². The van der Waals surface area contributed by atoms with Gasteiger partial charge in [0.15, 0.2) is 0 Å². The topological polar surface area (TPSA) is 28.2 Å². The summed E-state index contributed by atoms with van der Waals surface area (Å²) in [4.78, 5) is 7.17. The van der Waals surface area contributed by atoms with Crippen molar-refractivity contribution in [2.75, 3.05) is 18.0 Å². The molecule has 1 aliphatic rings. The van der Waals surface area contributed by atoms with Crippen LogP contribution in [0.25, 0.3) is 0 Å². The molecule has 94 valence electrons. The van der Waals surface area contributed by atoms with E-state index in [1.807, 2.05) is 0 Å². The molecule has 0 spiro atoms. The van der Waals surface area contributed by atoms with E-state index in [9.17, 15) is 0 Å². The largest absolute Gasteiger partial charge is 0.354 e. The standard InChI is InChI=1S/C14H23N3/c1-4-15-10-13-7-8-14(16-12(13)3)17-9-5-6-11(17)2/h7-8,11,15H,4-6,9-10H2,1-3H3. The Hall–Kier alpha value is -1.09. The van der Waals surface area contributed by atoms with E-state index in [4.69, 9.17) is 4.98 Å². The average molecular weight is 233 g/mol. The van der Waals surface area contributed by atoms with Gasteiger partial charge in [-0.2, -0.15) is 0 Å². The predicted molar refractivity (Wildman–Crippen MR) is 72.4 cm³/mol.